The van der Waals surface area contributed by atoms with E-state index in [2.05, 4.69) is 11.8 Å². The molecule has 36 heavy (non-hydrogen) atoms. The number of ether oxygens (including phenoxy) is 3. The van der Waals surface area contributed by atoms with Gasteiger partial charge in [0.15, 0.2) is 34.6 Å². The Balaban J connectivity index is 0.00000150. The van der Waals surface area contributed by atoms with Crippen molar-refractivity contribution in [3.8, 4) is 34.8 Å². The fraction of sp³-hybridized carbons (Fsp3) is 0.276. The molecule has 0 unspecified atom stereocenters. The normalized spacial score (nSPS) is 10.1. The lowest BCUT2D eigenvalue weighted by atomic mass is 10.1. The van der Waals surface area contributed by atoms with Crippen molar-refractivity contribution >= 4 is 29.7 Å². The van der Waals surface area contributed by atoms with Crippen LogP contribution in [0.15, 0.2) is 48.6 Å². The van der Waals surface area contributed by atoms with Crippen LogP contribution in [0.1, 0.15) is 51.2 Å². The summed E-state index contributed by atoms with van der Waals surface area (Å²) in [6.07, 6.45) is 6.43. The van der Waals surface area contributed by atoms with E-state index in [4.69, 9.17) is 14.2 Å². The van der Waals surface area contributed by atoms with Crippen LogP contribution >= 0.6 is 0 Å². The summed E-state index contributed by atoms with van der Waals surface area (Å²) in [5.74, 6) is 5.26. The van der Waals surface area contributed by atoms with Crippen molar-refractivity contribution in [1.29, 1.82) is 0 Å². The van der Waals surface area contributed by atoms with Crippen LogP contribution in [-0.2, 0) is 14.4 Å². The van der Waals surface area contributed by atoms with Gasteiger partial charge in [0.1, 0.15) is 0 Å². The molecule has 1 N–H and O–H groups in total. The van der Waals surface area contributed by atoms with Gasteiger partial charge in [-0.3, -0.25) is 14.4 Å². The first kappa shape index (κ1) is 29.7. The molecule has 190 valence electrons. The van der Waals surface area contributed by atoms with Gasteiger partial charge in [0.2, 0.25) is 0 Å². The van der Waals surface area contributed by atoms with E-state index in [0.29, 0.717) is 41.2 Å². The maximum Gasteiger partial charge on any atom is 0.311 e. The van der Waals surface area contributed by atoms with Crippen LogP contribution in [0.25, 0.3) is 12.2 Å². The number of hydrogen-bond acceptors (Lipinski definition) is 7. The van der Waals surface area contributed by atoms with Gasteiger partial charge in [0.05, 0.1) is 20.6 Å². The smallest absolute Gasteiger partial charge is 0.311 e. The number of phenolic OH excluding ortho intramolecular Hbond substituents is 1. The monoisotopic (exact) mass is 492 g/mol. The predicted octanol–water partition coefficient (Wildman–Crippen LogP) is 5.40. The molecule has 0 fully saturated rings. The molecule has 0 aliphatic rings. The lowest BCUT2D eigenvalue weighted by Gasteiger charge is -2.09. The highest BCUT2D eigenvalue weighted by molar-refractivity contribution is 6.10. The minimum Gasteiger partial charge on any atom is -0.504 e. The average molecular weight is 493 g/mol. The highest BCUT2D eigenvalue weighted by Gasteiger charge is 2.10. The number of rotatable bonds is 11. The average Bonchev–Trinajstić information content (AvgIpc) is 2.87. The van der Waals surface area contributed by atoms with E-state index < -0.39 is 0 Å². The number of phenols is 1. The van der Waals surface area contributed by atoms with E-state index in [1.807, 2.05) is 20.8 Å². The highest BCUT2D eigenvalue weighted by atomic mass is 16.6. The molecule has 0 aliphatic carbocycles. The van der Waals surface area contributed by atoms with Crippen molar-refractivity contribution in [3.63, 3.8) is 0 Å². The van der Waals surface area contributed by atoms with Gasteiger partial charge in [-0.15, -0.1) is 11.8 Å². The molecule has 2 rings (SSSR count). The number of methoxy groups -OCH3 is 2. The standard InChI is InChI=1S/C25H26O7.C4H6/c1-4-5-25(29)32-22-13-9-18(15-24(22)31-3)7-11-20(27)16-19(26)10-6-17-8-12-21(28)23(14-17)30-2;1-3-4-2/h6-15,28H,4-5,16H2,1-3H3;1-2H3/b10-6+,11-7+;. The van der Waals surface area contributed by atoms with E-state index in [0.717, 1.165) is 0 Å². The molecular formula is C29H32O7. The van der Waals surface area contributed by atoms with Crippen molar-refractivity contribution in [3.05, 3.63) is 59.7 Å². The lowest BCUT2D eigenvalue weighted by Crippen LogP contribution is -2.07. The summed E-state index contributed by atoms with van der Waals surface area (Å²) < 4.78 is 15.5. The SMILES string of the molecule is CC#CC.CCCC(=O)Oc1ccc(/C=C/C(=O)CC(=O)/C=C/c2ccc(O)c(OC)c2)cc1OC. The molecule has 0 bridgehead atoms. The van der Waals surface area contributed by atoms with Crippen molar-refractivity contribution in [2.75, 3.05) is 14.2 Å². The Kier molecular flexibility index (Phi) is 13.5. The second kappa shape index (κ2) is 16.3. The van der Waals surface area contributed by atoms with E-state index >= 15 is 0 Å². The maximum atomic E-state index is 12.1. The predicted molar refractivity (Wildman–Crippen MR) is 140 cm³/mol. The number of carbonyl (C=O) groups is 3. The first-order valence-electron chi connectivity index (χ1n) is 11.3. The minimum absolute atomic E-state index is 0.0000703. The first-order valence-corrected chi connectivity index (χ1v) is 11.3. The molecule has 0 radical (unpaired) electrons. The zero-order chi connectivity index (χ0) is 26.9. The van der Waals surface area contributed by atoms with Gasteiger partial charge in [-0.05, 0) is 67.8 Å². The van der Waals surface area contributed by atoms with Gasteiger partial charge in [0, 0.05) is 6.42 Å². The molecule has 0 saturated heterocycles. The van der Waals surface area contributed by atoms with Crippen LogP contribution in [0.2, 0.25) is 0 Å². The summed E-state index contributed by atoms with van der Waals surface area (Å²) in [5, 5.41) is 9.59. The van der Waals surface area contributed by atoms with Crippen molar-refractivity contribution in [1.82, 2.24) is 0 Å². The Morgan fingerprint density at radius 3 is 1.86 bits per heavy atom. The summed E-state index contributed by atoms with van der Waals surface area (Å²) in [7, 11) is 2.89. The molecule has 0 aromatic heterocycles. The van der Waals surface area contributed by atoms with E-state index in [1.165, 1.54) is 32.4 Å². The lowest BCUT2D eigenvalue weighted by molar-refractivity contribution is -0.134. The highest BCUT2D eigenvalue weighted by Crippen LogP contribution is 2.29. The third-order valence-electron chi connectivity index (χ3n) is 4.59. The largest absolute Gasteiger partial charge is 0.504 e. The number of esters is 1. The van der Waals surface area contributed by atoms with Crippen LogP contribution in [0.3, 0.4) is 0 Å². The number of aromatic hydroxyl groups is 1. The zero-order valence-corrected chi connectivity index (χ0v) is 21.3. The summed E-state index contributed by atoms with van der Waals surface area (Å²) in [6, 6.07) is 9.58. The van der Waals surface area contributed by atoms with Crippen LogP contribution in [-0.4, -0.2) is 36.9 Å². The van der Waals surface area contributed by atoms with Gasteiger partial charge in [0.25, 0.3) is 0 Å². The van der Waals surface area contributed by atoms with Gasteiger partial charge >= 0.3 is 5.97 Å². The molecule has 0 spiro atoms. The molecule has 0 atom stereocenters. The second-order valence-corrected chi connectivity index (χ2v) is 7.34. The van der Waals surface area contributed by atoms with Crippen molar-refractivity contribution in [2.45, 2.75) is 40.0 Å². The molecule has 0 aliphatic heterocycles. The summed E-state index contributed by atoms with van der Waals surface area (Å²) in [4.78, 5) is 35.9. The number of ketones is 2. The number of benzene rings is 2. The van der Waals surface area contributed by atoms with Crippen LogP contribution < -0.4 is 14.2 Å². The summed E-state index contributed by atoms with van der Waals surface area (Å²) in [6.45, 7) is 5.52. The van der Waals surface area contributed by atoms with Crippen molar-refractivity contribution < 1.29 is 33.7 Å². The van der Waals surface area contributed by atoms with E-state index in [-0.39, 0.29) is 29.7 Å². The molecule has 2 aromatic rings. The number of hydrogen-bond donors (Lipinski definition) is 1. The molecular weight excluding hydrogens is 460 g/mol. The molecule has 0 heterocycles. The topological polar surface area (TPSA) is 99.1 Å². The Labute approximate surface area is 212 Å². The number of allylic oxidation sites excluding steroid dienone is 2. The minimum atomic E-state index is -0.361. The maximum absolute atomic E-state index is 12.1. The second-order valence-electron chi connectivity index (χ2n) is 7.34. The zero-order valence-electron chi connectivity index (χ0n) is 21.3. The van der Waals surface area contributed by atoms with E-state index in [9.17, 15) is 19.5 Å². The molecule has 0 saturated carbocycles. The molecule has 7 nitrogen and oxygen atoms in total. The van der Waals surface area contributed by atoms with Crippen LogP contribution in [0.4, 0.5) is 0 Å². The molecule has 2 aromatic carbocycles. The fourth-order valence-corrected chi connectivity index (χ4v) is 2.72. The first-order chi connectivity index (χ1) is 17.3. The Bertz CT molecular complexity index is 1160. The fourth-order valence-electron chi connectivity index (χ4n) is 2.72. The van der Waals surface area contributed by atoms with Gasteiger partial charge in [-0.25, -0.2) is 0 Å². The third kappa shape index (κ3) is 10.7. The Morgan fingerprint density at radius 2 is 1.36 bits per heavy atom. The van der Waals surface area contributed by atoms with Gasteiger partial charge in [-0.1, -0.05) is 31.2 Å². The molecule has 0 amide bonds. The van der Waals surface area contributed by atoms with Gasteiger partial charge < -0.3 is 19.3 Å². The summed E-state index contributed by atoms with van der Waals surface area (Å²) in [5.41, 5.74) is 1.31. The number of carbonyl (C=O) groups excluding carboxylic acids is 3. The van der Waals surface area contributed by atoms with Crippen LogP contribution in [0.5, 0.6) is 23.0 Å². The van der Waals surface area contributed by atoms with Crippen molar-refractivity contribution in [2.24, 2.45) is 0 Å². The Morgan fingerprint density at radius 1 is 0.833 bits per heavy atom. The van der Waals surface area contributed by atoms with Crippen LogP contribution in [0, 0.1) is 11.8 Å². The molecule has 7 heteroatoms. The summed E-state index contributed by atoms with van der Waals surface area (Å²) >= 11 is 0. The van der Waals surface area contributed by atoms with E-state index in [1.54, 1.807) is 42.5 Å². The van der Waals surface area contributed by atoms with Gasteiger partial charge in [-0.2, -0.15) is 0 Å². The Hall–Kier alpha value is -4.31. The third-order valence-corrected chi connectivity index (χ3v) is 4.59. The quantitative estimate of drug-likeness (QED) is 0.147.